The van der Waals surface area contributed by atoms with Gasteiger partial charge in [0.25, 0.3) is 0 Å². The van der Waals surface area contributed by atoms with E-state index in [0.717, 1.165) is 5.56 Å². The largest absolute Gasteiger partial charge is 0.504 e. The predicted octanol–water partition coefficient (Wildman–Crippen LogP) is 2.96. The molecule has 27 heavy (non-hydrogen) atoms. The second kappa shape index (κ2) is 6.71. The molecule has 134 valence electrons. The molecule has 0 unspecified atom stereocenters. The zero-order valence-electron chi connectivity index (χ0n) is 14.1. The van der Waals surface area contributed by atoms with Gasteiger partial charge in [-0.25, -0.2) is 24.7 Å². The van der Waals surface area contributed by atoms with Crippen molar-refractivity contribution in [2.75, 3.05) is 12.4 Å². The summed E-state index contributed by atoms with van der Waals surface area (Å²) in [5.41, 5.74) is 1.83. The Bertz CT molecular complexity index is 1070. The van der Waals surface area contributed by atoms with E-state index in [4.69, 9.17) is 9.15 Å². The Kier molecular flexibility index (Phi) is 4.09. The quantitative estimate of drug-likeness (QED) is 0.678. The van der Waals surface area contributed by atoms with Gasteiger partial charge >= 0.3 is 5.97 Å². The summed E-state index contributed by atoms with van der Waals surface area (Å²) in [5, 5.41) is 13.4. The minimum atomic E-state index is -0.748. The molecule has 0 fully saturated rings. The van der Waals surface area contributed by atoms with Crippen molar-refractivity contribution in [3.8, 4) is 5.75 Å². The number of nitrogens with zero attached hydrogens (tertiary/aromatic N) is 4. The summed E-state index contributed by atoms with van der Waals surface area (Å²) in [4.78, 5) is 28.3. The van der Waals surface area contributed by atoms with E-state index >= 15 is 0 Å². The normalized spacial score (nSPS) is 13.6. The molecule has 9 heteroatoms. The number of fused-ring (bicyclic) bond motifs is 1. The minimum Gasteiger partial charge on any atom is -0.504 e. The van der Waals surface area contributed by atoms with Gasteiger partial charge in [-0.2, -0.15) is 0 Å². The lowest BCUT2D eigenvalue weighted by atomic mass is 10.1. The molecular formula is C18H13N5O4. The van der Waals surface area contributed by atoms with Crippen LogP contribution in [0.2, 0.25) is 0 Å². The number of aromatic hydroxyl groups is 1. The van der Waals surface area contributed by atoms with Crippen LogP contribution in [0.3, 0.4) is 0 Å². The molecule has 9 nitrogen and oxygen atoms in total. The molecule has 0 spiro atoms. The molecule has 0 amide bonds. The Morgan fingerprint density at radius 2 is 2.15 bits per heavy atom. The van der Waals surface area contributed by atoms with E-state index in [0.29, 0.717) is 17.1 Å². The van der Waals surface area contributed by atoms with E-state index < -0.39 is 5.97 Å². The number of hydrogen-bond donors (Lipinski definition) is 2. The molecule has 3 aromatic heterocycles. The van der Waals surface area contributed by atoms with Gasteiger partial charge in [-0.15, -0.1) is 0 Å². The van der Waals surface area contributed by atoms with Crippen molar-refractivity contribution in [3.63, 3.8) is 0 Å². The number of nitrogens with one attached hydrogen (secondary N) is 1. The van der Waals surface area contributed by atoms with Crippen LogP contribution >= 0.6 is 0 Å². The molecule has 1 aliphatic heterocycles. The summed E-state index contributed by atoms with van der Waals surface area (Å²) < 4.78 is 10.4. The van der Waals surface area contributed by atoms with Crippen molar-refractivity contribution in [1.82, 2.24) is 15.0 Å². The lowest BCUT2D eigenvalue weighted by Crippen LogP contribution is -2.03. The maximum Gasteiger partial charge on any atom is 0.347 e. The summed E-state index contributed by atoms with van der Waals surface area (Å²) in [6.07, 6.45) is 9.19. The van der Waals surface area contributed by atoms with Crippen LogP contribution in [0.5, 0.6) is 5.75 Å². The van der Waals surface area contributed by atoms with Gasteiger partial charge in [0.1, 0.15) is 6.33 Å². The highest BCUT2D eigenvalue weighted by molar-refractivity contribution is 6.21. The number of furan rings is 1. The van der Waals surface area contributed by atoms with E-state index in [9.17, 15) is 9.90 Å². The van der Waals surface area contributed by atoms with Crippen molar-refractivity contribution in [1.29, 1.82) is 0 Å². The van der Waals surface area contributed by atoms with Crippen LogP contribution in [0.15, 0.2) is 46.5 Å². The number of aromatic nitrogens is 3. The molecule has 1 aliphatic rings. The van der Waals surface area contributed by atoms with E-state index in [1.807, 2.05) is 6.07 Å². The number of hydrogen-bond acceptors (Lipinski definition) is 9. The first-order valence-corrected chi connectivity index (χ1v) is 7.84. The Hall–Kier alpha value is -4.01. The minimum absolute atomic E-state index is 0.0161. The second-order valence-electron chi connectivity index (χ2n) is 5.50. The highest BCUT2D eigenvalue weighted by atomic mass is 16.5. The van der Waals surface area contributed by atoms with Crippen molar-refractivity contribution in [2.45, 2.75) is 0 Å². The zero-order chi connectivity index (χ0) is 18.8. The average molecular weight is 363 g/mol. The maximum absolute atomic E-state index is 12.1. The lowest BCUT2D eigenvalue weighted by Gasteiger charge is -2.03. The standard InChI is InChI=1S/C18H13N5O4/c1-26-18(25)14-15(24)13(27-17(14)23-11-7-19-9-20-8-11)5-10-6-22-16-12(10)3-2-4-21-16/h2-9,23-24H,1H3. The number of esters is 1. The summed E-state index contributed by atoms with van der Waals surface area (Å²) in [6, 6.07) is 3.63. The van der Waals surface area contributed by atoms with Crippen molar-refractivity contribution >= 4 is 41.2 Å². The molecule has 0 saturated carbocycles. The molecule has 2 N–H and O–H groups in total. The molecule has 0 saturated heterocycles. The van der Waals surface area contributed by atoms with Crippen LogP contribution in [0, 0.1) is 0 Å². The average Bonchev–Trinajstić information content (AvgIpc) is 3.24. The predicted molar refractivity (Wildman–Crippen MR) is 97.3 cm³/mol. The van der Waals surface area contributed by atoms with E-state index in [2.05, 4.69) is 25.3 Å². The third-order valence-electron chi connectivity index (χ3n) is 3.83. The van der Waals surface area contributed by atoms with Crippen LogP contribution in [-0.2, 0) is 4.74 Å². The Morgan fingerprint density at radius 3 is 2.93 bits per heavy atom. The Balaban J connectivity index is 1.77. The summed E-state index contributed by atoms with van der Waals surface area (Å²) in [7, 11) is 1.22. The van der Waals surface area contributed by atoms with Gasteiger partial charge in [-0.3, -0.25) is 0 Å². The van der Waals surface area contributed by atoms with Crippen LogP contribution in [0.25, 0.3) is 11.6 Å². The molecule has 0 aliphatic carbocycles. The number of aliphatic imine (C=N–C) groups is 1. The number of carbonyl (C=O) groups is 1. The molecule has 3 aromatic rings. The number of carbonyl (C=O) groups excluding carboxylic acids is 1. The van der Waals surface area contributed by atoms with E-state index in [-0.39, 0.29) is 23.0 Å². The first-order valence-electron chi connectivity index (χ1n) is 7.84. The van der Waals surface area contributed by atoms with Crippen LogP contribution in [-0.4, -0.2) is 39.4 Å². The Morgan fingerprint density at radius 1 is 1.33 bits per heavy atom. The summed E-state index contributed by atoms with van der Waals surface area (Å²) >= 11 is 0. The fourth-order valence-corrected chi connectivity index (χ4v) is 2.59. The van der Waals surface area contributed by atoms with Gasteiger partial charge in [0.15, 0.2) is 22.9 Å². The van der Waals surface area contributed by atoms with Crippen LogP contribution in [0.4, 0.5) is 17.4 Å². The van der Waals surface area contributed by atoms with Crippen LogP contribution in [0.1, 0.15) is 21.7 Å². The molecule has 0 aromatic carbocycles. The number of ether oxygens (including phenoxy) is 1. The number of anilines is 2. The summed E-state index contributed by atoms with van der Waals surface area (Å²) in [5.74, 6) is -0.431. The molecule has 0 bridgehead atoms. The van der Waals surface area contributed by atoms with Gasteiger partial charge in [-0.1, -0.05) is 0 Å². The third kappa shape index (κ3) is 3.01. The highest BCUT2D eigenvalue weighted by Gasteiger charge is 2.27. The SMILES string of the molecule is COC(=O)c1c(Nc2cncnc2)oc(C=C2C=Nc3ncccc32)c1O. The summed E-state index contributed by atoms with van der Waals surface area (Å²) in [6.45, 7) is 0. The first-order chi connectivity index (χ1) is 13.2. The van der Waals surface area contributed by atoms with Gasteiger partial charge in [0, 0.05) is 23.5 Å². The first kappa shape index (κ1) is 16.5. The number of methoxy groups -OCH3 is 1. The molecule has 4 heterocycles. The monoisotopic (exact) mass is 363 g/mol. The molecule has 0 atom stereocenters. The van der Waals surface area contributed by atoms with E-state index in [1.165, 1.54) is 25.8 Å². The molecular weight excluding hydrogens is 350 g/mol. The maximum atomic E-state index is 12.1. The number of pyridine rings is 1. The highest BCUT2D eigenvalue weighted by Crippen LogP contribution is 2.39. The number of allylic oxidation sites excluding steroid dienone is 1. The Labute approximate surface area is 153 Å². The molecule has 0 radical (unpaired) electrons. The van der Waals surface area contributed by atoms with E-state index in [1.54, 1.807) is 24.6 Å². The zero-order valence-corrected chi connectivity index (χ0v) is 14.1. The second-order valence-corrected chi connectivity index (χ2v) is 5.50. The van der Waals surface area contributed by atoms with Crippen molar-refractivity contribution < 1.29 is 19.1 Å². The van der Waals surface area contributed by atoms with Crippen molar-refractivity contribution in [3.05, 3.63) is 53.9 Å². The number of rotatable bonds is 4. The topological polar surface area (TPSA) is 123 Å². The van der Waals surface area contributed by atoms with Gasteiger partial charge in [-0.05, 0) is 18.2 Å². The fourth-order valence-electron chi connectivity index (χ4n) is 2.59. The molecule has 4 rings (SSSR count). The van der Waals surface area contributed by atoms with Gasteiger partial charge in [0.05, 0.1) is 25.2 Å². The third-order valence-corrected chi connectivity index (χ3v) is 3.83. The van der Waals surface area contributed by atoms with Crippen LogP contribution < -0.4 is 5.32 Å². The van der Waals surface area contributed by atoms with Gasteiger partial charge in [0.2, 0.25) is 5.88 Å². The smallest absolute Gasteiger partial charge is 0.347 e. The van der Waals surface area contributed by atoms with Gasteiger partial charge < -0.3 is 19.6 Å². The van der Waals surface area contributed by atoms with Crippen molar-refractivity contribution in [2.24, 2.45) is 4.99 Å². The fraction of sp³-hybridized carbons (Fsp3) is 0.0556. The lowest BCUT2D eigenvalue weighted by molar-refractivity contribution is 0.0598.